The van der Waals surface area contributed by atoms with E-state index in [1.165, 1.54) is 0 Å². The lowest BCUT2D eigenvalue weighted by atomic mass is 9.95. The summed E-state index contributed by atoms with van der Waals surface area (Å²) in [7, 11) is 1.63. The first-order valence-corrected chi connectivity index (χ1v) is 12.4. The summed E-state index contributed by atoms with van der Waals surface area (Å²) in [6, 6.07) is 12.6. The van der Waals surface area contributed by atoms with Crippen molar-refractivity contribution >= 4 is 5.91 Å². The molecule has 0 saturated carbocycles. The number of phenolic OH excluding ortho intramolecular Hbond substituents is 1. The largest absolute Gasteiger partial charge is 0.507 e. The number of benzene rings is 2. The van der Waals surface area contributed by atoms with E-state index in [0.29, 0.717) is 47.5 Å². The van der Waals surface area contributed by atoms with E-state index in [0.717, 1.165) is 36.8 Å². The van der Waals surface area contributed by atoms with Gasteiger partial charge in [0.2, 0.25) is 0 Å². The Labute approximate surface area is 207 Å². The van der Waals surface area contributed by atoms with Gasteiger partial charge < -0.3 is 19.5 Å². The highest BCUT2D eigenvalue weighted by atomic mass is 16.5. The summed E-state index contributed by atoms with van der Waals surface area (Å²) in [4.78, 5) is 15.4. The number of aromatic hydroxyl groups is 1. The van der Waals surface area contributed by atoms with Gasteiger partial charge in [-0.05, 0) is 48.6 Å². The number of hydrogen-bond donors (Lipinski definition) is 2. The van der Waals surface area contributed by atoms with Gasteiger partial charge in [-0.25, -0.2) is 0 Å². The Morgan fingerprint density at radius 1 is 1.14 bits per heavy atom. The van der Waals surface area contributed by atoms with Crippen molar-refractivity contribution in [3.05, 3.63) is 59.3 Å². The van der Waals surface area contributed by atoms with Gasteiger partial charge in [0.25, 0.3) is 5.91 Å². The van der Waals surface area contributed by atoms with Gasteiger partial charge in [-0.1, -0.05) is 51.8 Å². The summed E-state index contributed by atoms with van der Waals surface area (Å²) < 4.78 is 11.7. The average molecular weight is 478 g/mol. The summed E-state index contributed by atoms with van der Waals surface area (Å²) in [6.07, 6.45) is 3.98. The minimum absolute atomic E-state index is 0.0773. The molecule has 7 nitrogen and oxygen atoms in total. The Hall–Kier alpha value is -3.48. The zero-order valence-electron chi connectivity index (χ0n) is 21.0. The van der Waals surface area contributed by atoms with Gasteiger partial charge in [-0.2, -0.15) is 5.10 Å². The molecule has 1 atom stereocenters. The van der Waals surface area contributed by atoms with E-state index in [-0.39, 0.29) is 17.7 Å². The maximum absolute atomic E-state index is 13.5. The molecule has 1 aromatic heterocycles. The van der Waals surface area contributed by atoms with Crippen LogP contribution in [0.3, 0.4) is 0 Å². The number of methoxy groups -OCH3 is 1. The number of carbonyl (C=O) groups excluding carboxylic acids is 1. The number of ether oxygens (including phenoxy) is 2. The fraction of sp³-hybridized carbons (Fsp3) is 0.429. The van der Waals surface area contributed by atoms with E-state index in [2.05, 4.69) is 31.0 Å². The third kappa shape index (κ3) is 4.99. The molecule has 2 heterocycles. The molecule has 1 amide bonds. The van der Waals surface area contributed by atoms with E-state index in [4.69, 9.17) is 9.47 Å². The lowest BCUT2D eigenvalue weighted by molar-refractivity contribution is 0.0740. The minimum Gasteiger partial charge on any atom is -0.507 e. The van der Waals surface area contributed by atoms with Crippen LogP contribution in [0, 0.1) is 5.92 Å². The van der Waals surface area contributed by atoms with Crippen molar-refractivity contribution in [1.82, 2.24) is 15.1 Å². The molecule has 4 rings (SSSR count). The first-order valence-electron chi connectivity index (χ1n) is 12.4. The quantitative estimate of drug-likeness (QED) is 0.333. The second-order valence-corrected chi connectivity index (χ2v) is 9.43. The molecule has 0 bridgehead atoms. The second-order valence-electron chi connectivity index (χ2n) is 9.43. The highest BCUT2D eigenvalue weighted by Crippen LogP contribution is 2.46. The van der Waals surface area contributed by atoms with Gasteiger partial charge in [-0.3, -0.25) is 9.89 Å². The maximum atomic E-state index is 13.5. The molecule has 1 aliphatic rings. The van der Waals surface area contributed by atoms with Crippen LogP contribution in [-0.4, -0.2) is 46.4 Å². The molecule has 7 heteroatoms. The van der Waals surface area contributed by atoms with Crippen LogP contribution in [0.25, 0.3) is 11.3 Å². The number of nitrogens with one attached hydrogen (secondary N) is 1. The van der Waals surface area contributed by atoms with E-state index in [1.807, 2.05) is 35.2 Å². The third-order valence-electron chi connectivity index (χ3n) is 6.48. The number of rotatable bonds is 11. The molecule has 0 fully saturated rings. The fourth-order valence-corrected chi connectivity index (χ4v) is 4.56. The van der Waals surface area contributed by atoms with E-state index in [1.54, 1.807) is 19.2 Å². The molecule has 3 aromatic rings. The number of amides is 1. The normalized spacial score (nSPS) is 15.1. The van der Waals surface area contributed by atoms with Crippen LogP contribution in [0.15, 0.2) is 42.5 Å². The number of nitrogens with zero attached hydrogens (tertiary/aromatic N) is 2. The zero-order chi connectivity index (χ0) is 24.9. The first-order chi connectivity index (χ1) is 17.0. The van der Waals surface area contributed by atoms with Crippen LogP contribution in [0.1, 0.15) is 74.1 Å². The molecule has 0 radical (unpaired) electrons. The molecular weight excluding hydrogens is 442 g/mol. The predicted octanol–water partition coefficient (Wildman–Crippen LogP) is 5.95. The fourth-order valence-electron chi connectivity index (χ4n) is 4.56. The number of unbranched alkanes of at least 4 members (excludes halogenated alkanes) is 2. The lowest BCUT2D eigenvalue weighted by Gasteiger charge is -2.27. The Balaban J connectivity index is 1.76. The number of H-pyrrole nitrogens is 1. The Bertz CT molecular complexity index is 1170. The van der Waals surface area contributed by atoms with Crippen LogP contribution in [-0.2, 0) is 0 Å². The number of para-hydroxylation sites is 1. The molecule has 186 valence electrons. The maximum Gasteiger partial charge on any atom is 0.273 e. The number of phenols is 1. The van der Waals surface area contributed by atoms with Crippen LogP contribution in [0.2, 0.25) is 0 Å². The van der Waals surface area contributed by atoms with Crippen molar-refractivity contribution < 1.29 is 19.4 Å². The number of aromatic amines is 1. The van der Waals surface area contributed by atoms with Gasteiger partial charge in [0, 0.05) is 17.7 Å². The average Bonchev–Trinajstić information content (AvgIpc) is 3.38. The summed E-state index contributed by atoms with van der Waals surface area (Å²) in [5, 5.41) is 17.9. The topological polar surface area (TPSA) is 87.7 Å². The van der Waals surface area contributed by atoms with Crippen molar-refractivity contribution in [2.75, 3.05) is 20.3 Å². The van der Waals surface area contributed by atoms with Crippen LogP contribution in [0.4, 0.5) is 0 Å². The number of carbonyl (C=O) groups is 1. The summed E-state index contributed by atoms with van der Waals surface area (Å²) in [6.45, 7) is 7.72. The molecule has 2 N–H and O–H groups in total. The summed E-state index contributed by atoms with van der Waals surface area (Å²) >= 11 is 0. The van der Waals surface area contributed by atoms with E-state index < -0.39 is 0 Å². The number of hydrogen-bond acceptors (Lipinski definition) is 5. The third-order valence-corrected chi connectivity index (χ3v) is 6.48. The molecular formula is C28H35N3O4. The predicted molar refractivity (Wildman–Crippen MR) is 136 cm³/mol. The van der Waals surface area contributed by atoms with E-state index >= 15 is 0 Å². The zero-order valence-corrected chi connectivity index (χ0v) is 21.0. The molecule has 1 unspecified atom stereocenters. The van der Waals surface area contributed by atoms with Crippen molar-refractivity contribution in [2.24, 2.45) is 5.92 Å². The minimum atomic E-state index is -0.346. The van der Waals surface area contributed by atoms with Crippen LogP contribution >= 0.6 is 0 Å². The molecule has 0 saturated heterocycles. The van der Waals surface area contributed by atoms with Gasteiger partial charge in [-0.15, -0.1) is 0 Å². The molecule has 1 aliphatic heterocycles. The van der Waals surface area contributed by atoms with Crippen molar-refractivity contribution in [2.45, 2.75) is 52.5 Å². The van der Waals surface area contributed by atoms with Crippen molar-refractivity contribution in [3.8, 4) is 28.5 Å². The SMILES string of the molecule is CCCCCN1C(=O)c2[nH]nc(-c3ccccc3O)c2C1c1ccc(OCCC(C)C)c(OC)c1. The van der Waals surface area contributed by atoms with Gasteiger partial charge in [0.15, 0.2) is 11.5 Å². The van der Waals surface area contributed by atoms with Gasteiger partial charge >= 0.3 is 0 Å². The van der Waals surface area contributed by atoms with Crippen LogP contribution < -0.4 is 9.47 Å². The Morgan fingerprint density at radius 2 is 1.94 bits per heavy atom. The summed E-state index contributed by atoms with van der Waals surface area (Å²) in [5.74, 6) is 1.92. The molecule has 0 spiro atoms. The Kier molecular flexibility index (Phi) is 7.63. The second kappa shape index (κ2) is 10.8. The first kappa shape index (κ1) is 24.6. The molecule has 2 aromatic carbocycles. The van der Waals surface area contributed by atoms with E-state index in [9.17, 15) is 9.90 Å². The Morgan fingerprint density at radius 3 is 2.66 bits per heavy atom. The standard InChI is InChI=1S/C28H35N3O4/c1-5-6-9-15-31-27(19-12-13-22(23(17-19)34-4)35-16-14-18(2)3)24-25(29-30-26(24)28(31)33)20-10-7-8-11-21(20)32/h7-8,10-13,17-18,27,32H,5-6,9,14-16H2,1-4H3,(H,29,30). The molecule has 0 aliphatic carbocycles. The van der Waals surface area contributed by atoms with Crippen LogP contribution in [0.5, 0.6) is 17.2 Å². The highest BCUT2D eigenvalue weighted by Gasteiger charge is 2.42. The number of aromatic nitrogens is 2. The lowest BCUT2D eigenvalue weighted by Crippen LogP contribution is -2.30. The van der Waals surface area contributed by atoms with Crippen molar-refractivity contribution in [1.29, 1.82) is 0 Å². The highest BCUT2D eigenvalue weighted by molar-refractivity contribution is 6.00. The van der Waals surface area contributed by atoms with Crippen molar-refractivity contribution in [3.63, 3.8) is 0 Å². The van der Waals surface area contributed by atoms with Gasteiger partial charge in [0.1, 0.15) is 17.1 Å². The number of fused-ring (bicyclic) bond motifs is 1. The monoisotopic (exact) mass is 477 g/mol. The summed E-state index contributed by atoms with van der Waals surface area (Å²) in [5.41, 5.74) is 3.36. The smallest absolute Gasteiger partial charge is 0.273 e. The molecule has 35 heavy (non-hydrogen) atoms. The van der Waals surface area contributed by atoms with Gasteiger partial charge in [0.05, 0.1) is 19.8 Å².